The summed E-state index contributed by atoms with van der Waals surface area (Å²) < 4.78 is 5.62. The number of hydrogen-bond donors (Lipinski definition) is 3. The molecule has 0 aromatic heterocycles. The summed E-state index contributed by atoms with van der Waals surface area (Å²) in [5.74, 6) is -0.997. The first-order valence-corrected chi connectivity index (χ1v) is 7.67. The Kier molecular flexibility index (Phi) is 5.61. The Bertz CT molecular complexity index is 391. The number of hydrogen-bond acceptors (Lipinski definition) is 3. The molecule has 6 nitrogen and oxygen atoms in total. The van der Waals surface area contributed by atoms with Gasteiger partial charge in [-0.15, -0.1) is 0 Å². The van der Waals surface area contributed by atoms with Gasteiger partial charge in [0, 0.05) is 18.1 Å². The fourth-order valence-corrected chi connectivity index (χ4v) is 2.81. The van der Waals surface area contributed by atoms with Crippen LogP contribution in [0, 0.1) is 5.41 Å². The second-order valence-electron chi connectivity index (χ2n) is 6.25. The lowest BCUT2D eigenvalue weighted by molar-refractivity contribution is -0.144. The van der Waals surface area contributed by atoms with E-state index < -0.39 is 17.5 Å². The highest BCUT2D eigenvalue weighted by atomic mass is 16.5. The topological polar surface area (TPSA) is 87.7 Å². The average Bonchev–Trinajstić information content (AvgIpc) is 2.43. The molecule has 0 heterocycles. The molecule has 1 rings (SSSR count). The predicted octanol–water partition coefficient (Wildman–Crippen LogP) is 2.13. The van der Waals surface area contributed by atoms with Gasteiger partial charge < -0.3 is 20.5 Å². The second kappa shape index (κ2) is 6.64. The second-order valence-corrected chi connectivity index (χ2v) is 6.25. The van der Waals surface area contributed by atoms with Gasteiger partial charge in [-0.3, -0.25) is 0 Å². The van der Waals surface area contributed by atoms with Crippen molar-refractivity contribution in [3.8, 4) is 0 Å². The number of carbonyl (C=O) groups is 2. The molecule has 0 aromatic rings. The molecular weight excluding hydrogens is 272 g/mol. The Morgan fingerprint density at radius 3 is 2.24 bits per heavy atom. The van der Waals surface area contributed by atoms with E-state index in [1.54, 1.807) is 13.8 Å². The molecular formula is C15H28N2O4. The standard InChI is InChI=1S/C15H28N2O4/c1-6-15(7-2,12(18)19)17-13(20)16-10-9-11(21-8-3)14(10,4)5/h10-11H,6-9H2,1-5H3,(H,18,19)(H2,16,17,20). The summed E-state index contributed by atoms with van der Waals surface area (Å²) in [6, 6.07) is -0.427. The molecule has 2 unspecified atom stereocenters. The molecule has 1 saturated carbocycles. The number of aliphatic carboxylic acids is 1. The Labute approximate surface area is 126 Å². The van der Waals surface area contributed by atoms with Crippen LogP contribution in [0.25, 0.3) is 0 Å². The minimum Gasteiger partial charge on any atom is -0.480 e. The summed E-state index contributed by atoms with van der Waals surface area (Å²) in [6.07, 6.45) is 1.59. The Hall–Kier alpha value is -1.30. The normalized spacial score (nSPS) is 24.0. The Balaban J connectivity index is 2.61. The summed E-state index contributed by atoms with van der Waals surface area (Å²) in [6.45, 7) is 10.2. The molecule has 1 fully saturated rings. The fourth-order valence-electron chi connectivity index (χ4n) is 2.81. The van der Waals surface area contributed by atoms with Crippen molar-refractivity contribution in [2.24, 2.45) is 5.41 Å². The van der Waals surface area contributed by atoms with E-state index in [-0.39, 0.29) is 17.6 Å². The van der Waals surface area contributed by atoms with Gasteiger partial charge in [0.2, 0.25) is 0 Å². The van der Waals surface area contributed by atoms with Gasteiger partial charge in [0.05, 0.1) is 6.10 Å². The lowest BCUT2D eigenvalue weighted by atomic mass is 9.64. The van der Waals surface area contributed by atoms with Gasteiger partial charge in [0.15, 0.2) is 0 Å². The SMILES string of the molecule is CCOC1CC(NC(=O)NC(CC)(CC)C(=O)O)C1(C)C. The molecule has 0 aliphatic heterocycles. The lowest BCUT2D eigenvalue weighted by Crippen LogP contribution is -2.65. The summed E-state index contributed by atoms with van der Waals surface area (Å²) in [5.41, 5.74) is -1.34. The van der Waals surface area contributed by atoms with E-state index in [1.807, 2.05) is 20.8 Å². The molecule has 2 amide bonds. The van der Waals surface area contributed by atoms with Gasteiger partial charge in [-0.25, -0.2) is 9.59 Å². The number of urea groups is 1. The molecule has 0 saturated heterocycles. The first-order valence-electron chi connectivity index (χ1n) is 7.67. The highest BCUT2D eigenvalue weighted by Gasteiger charge is 2.50. The van der Waals surface area contributed by atoms with Crippen LogP contribution in [0.2, 0.25) is 0 Å². The maximum Gasteiger partial charge on any atom is 0.329 e. The molecule has 0 spiro atoms. The number of ether oxygens (including phenoxy) is 1. The zero-order valence-electron chi connectivity index (χ0n) is 13.7. The van der Waals surface area contributed by atoms with Crippen LogP contribution < -0.4 is 10.6 Å². The quantitative estimate of drug-likeness (QED) is 0.672. The van der Waals surface area contributed by atoms with E-state index in [9.17, 15) is 14.7 Å². The van der Waals surface area contributed by atoms with E-state index in [2.05, 4.69) is 10.6 Å². The molecule has 0 radical (unpaired) electrons. The molecule has 0 aromatic carbocycles. The largest absolute Gasteiger partial charge is 0.480 e. The maximum absolute atomic E-state index is 12.1. The zero-order chi connectivity index (χ0) is 16.3. The summed E-state index contributed by atoms with van der Waals surface area (Å²) in [7, 11) is 0. The lowest BCUT2D eigenvalue weighted by Gasteiger charge is -2.51. The van der Waals surface area contributed by atoms with Crippen LogP contribution >= 0.6 is 0 Å². The molecule has 3 N–H and O–H groups in total. The maximum atomic E-state index is 12.1. The molecule has 1 aliphatic carbocycles. The van der Waals surface area contributed by atoms with Crippen molar-refractivity contribution in [3.05, 3.63) is 0 Å². The molecule has 6 heteroatoms. The minimum atomic E-state index is -1.20. The van der Waals surface area contributed by atoms with Gasteiger partial charge >= 0.3 is 12.0 Å². The Morgan fingerprint density at radius 2 is 1.86 bits per heavy atom. The van der Waals surface area contributed by atoms with Crippen molar-refractivity contribution in [2.75, 3.05) is 6.61 Å². The van der Waals surface area contributed by atoms with Crippen LogP contribution in [0.4, 0.5) is 4.79 Å². The number of amides is 2. The molecule has 21 heavy (non-hydrogen) atoms. The average molecular weight is 300 g/mol. The van der Waals surface area contributed by atoms with E-state index in [4.69, 9.17) is 4.74 Å². The van der Waals surface area contributed by atoms with Crippen LogP contribution in [-0.2, 0) is 9.53 Å². The number of carboxylic acid groups (broad SMARTS) is 1. The smallest absolute Gasteiger partial charge is 0.329 e. The third kappa shape index (κ3) is 3.48. The van der Waals surface area contributed by atoms with Gasteiger partial charge in [0.25, 0.3) is 0 Å². The summed E-state index contributed by atoms with van der Waals surface area (Å²) >= 11 is 0. The highest BCUT2D eigenvalue weighted by Crippen LogP contribution is 2.42. The van der Waals surface area contributed by atoms with E-state index in [1.165, 1.54) is 0 Å². The van der Waals surface area contributed by atoms with E-state index >= 15 is 0 Å². The van der Waals surface area contributed by atoms with E-state index in [0.29, 0.717) is 19.4 Å². The van der Waals surface area contributed by atoms with Crippen LogP contribution in [0.1, 0.15) is 53.9 Å². The predicted molar refractivity (Wildman–Crippen MR) is 80.2 cm³/mol. The van der Waals surface area contributed by atoms with Crippen molar-refractivity contribution in [2.45, 2.75) is 71.6 Å². The van der Waals surface area contributed by atoms with Crippen LogP contribution in [0.15, 0.2) is 0 Å². The summed E-state index contributed by atoms with van der Waals surface area (Å²) in [4.78, 5) is 23.5. The van der Waals surface area contributed by atoms with Crippen molar-refractivity contribution < 1.29 is 19.4 Å². The van der Waals surface area contributed by atoms with Crippen LogP contribution in [-0.4, -0.2) is 41.4 Å². The molecule has 0 bridgehead atoms. The third-order valence-electron chi connectivity index (χ3n) is 4.82. The van der Waals surface area contributed by atoms with Crippen molar-refractivity contribution in [1.82, 2.24) is 10.6 Å². The highest BCUT2D eigenvalue weighted by molar-refractivity contribution is 5.86. The van der Waals surface area contributed by atoms with Gasteiger partial charge in [-0.1, -0.05) is 27.7 Å². The first-order chi connectivity index (χ1) is 9.73. The number of carboxylic acids is 1. The van der Waals surface area contributed by atoms with Gasteiger partial charge in [-0.2, -0.15) is 0 Å². The number of nitrogens with one attached hydrogen (secondary N) is 2. The van der Waals surface area contributed by atoms with Crippen molar-refractivity contribution >= 4 is 12.0 Å². The van der Waals surface area contributed by atoms with Gasteiger partial charge in [-0.05, 0) is 26.2 Å². The molecule has 122 valence electrons. The Morgan fingerprint density at radius 1 is 1.29 bits per heavy atom. The van der Waals surface area contributed by atoms with Crippen LogP contribution in [0.5, 0.6) is 0 Å². The minimum absolute atomic E-state index is 0.00532. The van der Waals surface area contributed by atoms with E-state index in [0.717, 1.165) is 6.42 Å². The zero-order valence-corrected chi connectivity index (χ0v) is 13.7. The third-order valence-corrected chi connectivity index (χ3v) is 4.82. The first kappa shape index (κ1) is 17.8. The van der Waals surface area contributed by atoms with Crippen LogP contribution in [0.3, 0.4) is 0 Å². The van der Waals surface area contributed by atoms with Crippen molar-refractivity contribution in [1.29, 1.82) is 0 Å². The number of carbonyl (C=O) groups excluding carboxylic acids is 1. The fraction of sp³-hybridized carbons (Fsp3) is 0.867. The molecule has 2 atom stereocenters. The summed E-state index contributed by atoms with van der Waals surface area (Å²) in [5, 5.41) is 14.8. The monoisotopic (exact) mass is 300 g/mol. The molecule has 1 aliphatic rings. The van der Waals surface area contributed by atoms with Gasteiger partial charge in [0.1, 0.15) is 5.54 Å². The number of rotatable bonds is 7. The van der Waals surface area contributed by atoms with Crippen molar-refractivity contribution in [3.63, 3.8) is 0 Å².